The van der Waals surface area contributed by atoms with Gasteiger partial charge in [-0.05, 0) is 0 Å². The van der Waals surface area contributed by atoms with Crippen molar-refractivity contribution in [2.24, 2.45) is 0 Å². The molecule has 0 fully saturated rings. The highest BCUT2D eigenvalue weighted by Gasteiger charge is 2.32. The summed E-state index contributed by atoms with van der Waals surface area (Å²) >= 11 is 0. The van der Waals surface area contributed by atoms with Crippen LogP contribution in [0.5, 0.6) is 5.75 Å². The molecule has 1 aromatic rings. The highest BCUT2D eigenvalue weighted by Crippen LogP contribution is 2.39. The van der Waals surface area contributed by atoms with E-state index in [2.05, 4.69) is 6.08 Å². The fourth-order valence-corrected chi connectivity index (χ4v) is 2.24. The van der Waals surface area contributed by atoms with Crippen LogP contribution >= 0.6 is 0 Å². The highest BCUT2D eigenvalue weighted by molar-refractivity contribution is 6.60. The van der Waals surface area contributed by atoms with Crippen LogP contribution in [0, 0.1) is 0 Å². The smallest absolute Gasteiger partial charge is 0.485 e. The Hall–Kier alpha value is -1.52. The van der Waals surface area contributed by atoms with Crippen molar-refractivity contribution in [1.29, 1.82) is 0 Å². The topological polar surface area (TPSA) is 49.7 Å². The van der Waals surface area contributed by atoms with Crippen molar-refractivity contribution in [3.8, 4) is 5.75 Å². The summed E-state index contributed by atoms with van der Waals surface area (Å²) in [5.74, 6) is 0.609. The lowest BCUT2D eigenvalue weighted by Crippen LogP contribution is -2.31. The SMILES string of the molecule is OB(O)c1cccc2c1OC1CC=CC=C21. The second kappa shape index (κ2) is 3.51. The van der Waals surface area contributed by atoms with Gasteiger partial charge in [0.25, 0.3) is 0 Å². The van der Waals surface area contributed by atoms with E-state index in [1.165, 1.54) is 0 Å². The van der Waals surface area contributed by atoms with E-state index >= 15 is 0 Å². The quantitative estimate of drug-likeness (QED) is 0.668. The van der Waals surface area contributed by atoms with Gasteiger partial charge in [-0.1, -0.05) is 36.4 Å². The van der Waals surface area contributed by atoms with Crippen molar-refractivity contribution in [3.05, 3.63) is 42.0 Å². The zero-order chi connectivity index (χ0) is 11.1. The molecule has 3 nitrogen and oxygen atoms in total. The Balaban J connectivity index is 2.15. The molecule has 0 aromatic heterocycles. The predicted molar refractivity (Wildman–Crippen MR) is 62.4 cm³/mol. The molecule has 1 aliphatic heterocycles. The zero-order valence-electron chi connectivity index (χ0n) is 8.63. The molecule has 1 heterocycles. The van der Waals surface area contributed by atoms with Gasteiger partial charge in [0.15, 0.2) is 0 Å². The fourth-order valence-electron chi connectivity index (χ4n) is 2.24. The number of fused-ring (bicyclic) bond motifs is 3. The van der Waals surface area contributed by atoms with Gasteiger partial charge in [-0.15, -0.1) is 0 Å². The van der Waals surface area contributed by atoms with Crippen LogP contribution in [0.3, 0.4) is 0 Å². The second-order valence-corrected chi connectivity index (χ2v) is 3.99. The first-order chi connectivity index (χ1) is 7.77. The second-order valence-electron chi connectivity index (χ2n) is 3.99. The molecule has 2 N–H and O–H groups in total. The van der Waals surface area contributed by atoms with E-state index < -0.39 is 7.12 Å². The Labute approximate surface area is 93.8 Å². The maximum atomic E-state index is 9.26. The van der Waals surface area contributed by atoms with E-state index in [4.69, 9.17) is 4.74 Å². The molecule has 0 saturated carbocycles. The van der Waals surface area contributed by atoms with Crippen molar-refractivity contribution in [1.82, 2.24) is 0 Å². The summed E-state index contributed by atoms with van der Waals surface area (Å²) in [5.41, 5.74) is 2.53. The van der Waals surface area contributed by atoms with Gasteiger partial charge in [0.1, 0.15) is 11.9 Å². The summed E-state index contributed by atoms with van der Waals surface area (Å²) in [6.07, 6.45) is 6.94. The van der Waals surface area contributed by atoms with Gasteiger partial charge in [0.2, 0.25) is 0 Å². The lowest BCUT2D eigenvalue weighted by atomic mass is 9.78. The molecule has 0 bridgehead atoms. The Kier molecular flexibility index (Phi) is 2.12. The average Bonchev–Trinajstić information content (AvgIpc) is 2.67. The number of benzene rings is 1. The lowest BCUT2D eigenvalue weighted by Gasteiger charge is -2.12. The summed E-state index contributed by atoms with van der Waals surface area (Å²) in [4.78, 5) is 0. The molecule has 0 spiro atoms. The molecule has 0 saturated heterocycles. The van der Waals surface area contributed by atoms with Crippen LogP contribution in [0.25, 0.3) is 5.57 Å². The van der Waals surface area contributed by atoms with Crippen molar-refractivity contribution >= 4 is 18.2 Å². The van der Waals surface area contributed by atoms with Crippen LogP contribution in [0.4, 0.5) is 0 Å². The minimum absolute atomic E-state index is 0.0277. The third-order valence-corrected chi connectivity index (χ3v) is 3.00. The number of ether oxygens (including phenoxy) is 1. The maximum Gasteiger partial charge on any atom is 0.492 e. The van der Waals surface area contributed by atoms with E-state index in [-0.39, 0.29) is 6.10 Å². The van der Waals surface area contributed by atoms with Crippen LogP contribution in [0.2, 0.25) is 0 Å². The van der Waals surface area contributed by atoms with Gasteiger partial charge in [-0.3, -0.25) is 0 Å². The molecule has 0 radical (unpaired) electrons. The largest absolute Gasteiger partial charge is 0.492 e. The van der Waals surface area contributed by atoms with Crippen molar-refractivity contribution in [2.45, 2.75) is 12.5 Å². The molecule has 80 valence electrons. The van der Waals surface area contributed by atoms with E-state index in [0.29, 0.717) is 11.2 Å². The fraction of sp³-hybridized carbons (Fsp3) is 0.167. The van der Waals surface area contributed by atoms with E-state index in [1.54, 1.807) is 6.07 Å². The van der Waals surface area contributed by atoms with E-state index in [9.17, 15) is 10.0 Å². The van der Waals surface area contributed by atoms with Gasteiger partial charge in [0, 0.05) is 23.0 Å². The Morgan fingerprint density at radius 3 is 3.00 bits per heavy atom. The summed E-state index contributed by atoms with van der Waals surface area (Å²) < 4.78 is 5.76. The van der Waals surface area contributed by atoms with Crippen molar-refractivity contribution in [3.63, 3.8) is 0 Å². The average molecular weight is 214 g/mol. The normalized spacial score (nSPS) is 20.9. The first-order valence-electron chi connectivity index (χ1n) is 5.30. The van der Waals surface area contributed by atoms with Crippen LogP contribution in [0.1, 0.15) is 12.0 Å². The van der Waals surface area contributed by atoms with Crippen LogP contribution < -0.4 is 10.2 Å². The molecule has 4 heteroatoms. The molecule has 3 rings (SSSR count). The molecule has 1 aliphatic carbocycles. The number of rotatable bonds is 1. The number of para-hydroxylation sites is 1. The molecular formula is C12H11BO3. The van der Waals surface area contributed by atoms with Crippen LogP contribution in [-0.2, 0) is 0 Å². The van der Waals surface area contributed by atoms with E-state index in [1.807, 2.05) is 24.3 Å². The van der Waals surface area contributed by atoms with E-state index in [0.717, 1.165) is 17.6 Å². The Morgan fingerprint density at radius 2 is 2.19 bits per heavy atom. The Morgan fingerprint density at radius 1 is 1.31 bits per heavy atom. The highest BCUT2D eigenvalue weighted by atomic mass is 16.5. The van der Waals surface area contributed by atoms with Crippen molar-refractivity contribution < 1.29 is 14.8 Å². The standard InChI is InChI=1S/C12H11BO3/c14-13(15)10-6-3-5-9-8-4-1-2-7-11(8)16-12(9)10/h1-6,11,14-15H,7H2. The van der Waals surface area contributed by atoms with Gasteiger partial charge < -0.3 is 14.8 Å². The van der Waals surface area contributed by atoms with Gasteiger partial charge in [-0.25, -0.2) is 0 Å². The first kappa shape index (κ1) is 9.69. The molecule has 1 unspecified atom stereocenters. The summed E-state index contributed by atoms with van der Waals surface area (Å²) in [5, 5.41) is 18.5. The molecule has 1 atom stereocenters. The molecule has 16 heavy (non-hydrogen) atoms. The number of hydrogen-bond acceptors (Lipinski definition) is 3. The van der Waals surface area contributed by atoms with Crippen molar-refractivity contribution in [2.75, 3.05) is 0 Å². The van der Waals surface area contributed by atoms with Gasteiger partial charge >= 0.3 is 7.12 Å². The lowest BCUT2D eigenvalue weighted by molar-refractivity contribution is 0.279. The summed E-state index contributed by atoms with van der Waals surface area (Å²) in [6, 6.07) is 5.44. The number of hydrogen-bond donors (Lipinski definition) is 2. The molecule has 2 aliphatic rings. The first-order valence-corrected chi connectivity index (χ1v) is 5.30. The summed E-state index contributed by atoms with van der Waals surface area (Å²) in [6.45, 7) is 0. The number of allylic oxidation sites excluding steroid dienone is 2. The van der Waals surface area contributed by atoms with Gasteiger partial charge in [0.05, 0.1) is 0 Å². The Bertz CT molecular complexity index is 491. The van der Waals surface area contributed by atoms with Gasteiger partial charge in [-0.2, -0.15) is 0 Å². The minimum atomic E-state index is -1.48. The molecular weight excluding hydrogens is 203 g/mol. The molecule has 0 amide bonds. The minimum Gasteiger partial charge on any atom is -0.485 e. The maximum absolute atomic E-state index is 9.26. The molecule has 1 aromatic carbocycles. The zero-order valence-corrected chi connectivity index (χ0v) is 8.63. The third-order valence-electron chi connectivity index (χ3n) is 3.00. The monoisotopic (exact) mass is 214 g/mol. The summed E-state index contributed by atoms with van der Waals surface area (Å²) in [7, 11) is -1.48. The third kappa shape index (κ3) is 1.31. The predicted octanol–water partition coefficient (Wildman–Crippen LogP) is 0.471. The van der Waals surface area contributed by atoms with Crippen LogP contribution in [0.15, 0.2) is 36.4 Å². The van der Waals surface area contributed by atoms with Crippen LogP contribution in [-0.4, -0.2) is 23.3 Å².